The second-order valence-electron chi connectivity index (χ2n) is 3.43. The zero-order valence-corrected chi connectivity index (χ0v) is 12.1. The number of hydrogen-bond donors (Lipinski definition) is 0. The van der Waals surface area contributed by atoms with E-state index < -0.39 is 0 Å². The zero-order chi connectivity index (χ0) is 13.1. The van der Waals surface area contributed by atoms with Gasteiger partial charge in [0, 0.05) is 0 Å². The van der Waals surface area contributed by atoms with Gasteiger partial charge in [-0.05, 0) is 68.3 Å². The Morgan fingerprint density at radius 1 is 1.06 bits per heavy atom. The zero-order valence-electron chi connectivity index (χ0n) is 8.95. The minimum absolute atomic E-state index is 0.338. The fraction of sp³-hybridized carbons (Fsp3) is 0. The molecule has 0 fully saturated rings. The smallest absolute Gasteiger partial charge is 0.141 e. The quantitative estimate of drug-likeness (QED) is 0.743. The Labute approximate surface area is 120 Å². The van der Waals surface area contributed by atoms with E-state index in [1.165, 1.54) is 12.1 Å². The van der Waals surface area contributed by atoms with Crippen molar-refractivity contribution >= 4 is 31.9 Å². The number of nitrogens with zero attached hydrogens (tertiary/aromatic N) is 1. The third kappa shape index (κ3) is 2.89. The topological polar surface area (TPSA) is 33.0 Å². The Morgan fingerprint density at radius 2 is 1.83 bits per heavy atom. The minimum atomic E-state index is -0.346. The maximum absolute atomic E-state index is 13.1. The molecule has 0 saturated heterocycles. The van der Waals surface area contributed by atoms with Crippen LogP contribution in [0.3, 0.4) is 0 Å². The van der Waals surface area contributed by atoms with Crippen LogP contribution in [0.2, 0.25) is 0 Å². The van der Waals surface area contributed by atoms with Crippen molar-refractivity contribution in [1.82, 2.24) is 0 Å². The van der Waals surface area contributed by atoms with E-state index in [1.54, 1.807) is 24.3 Å². The van der Waals surface area contributed by atoms with Crippen molar-refractivity contribution in [2.45, 2.75) is 0 Å². The van der Waals surface area contributed by atoms with Crippen LogP contribution in [0.5, 0.6) is 11.5 Å². The molecule has 2 rings (SSSR count). The van der Waals surface area contributed by atoms with Crippen LogP contribution in [-0.2, 0) is 0 Å². The van der Waals surface area contributed by atoms with Crippen molar-refractivity contribution in [3.8, 4) is 17.6 Å². The van der Waals surface area contributed by atoms with Crippen molar-refractivity contribution in [2.75, 3.05) is 0 Å². The maximum atomic E-state index is 13.1. The molecule has 0 saturated carbocycles. The lowest BCUT2D eigenvalue weighted by atomic mass is 10.2. The van der Waals surface area contributed by atoms with Gasteiger partial charge < -0.3 is 4.74 Å². The second kappa shape index (κ2) is 5.51. The summed E-state index contributed by atoms with van der Waals surface area (Å²) in [6.07, 6.45) is 0. The van der Waals surface area contributed by atoms with Crippen molar-refractivity contribution in [3.63, 3.8) is 0 Å². The summed E-state index contributed by atoms with van der Waals surface area (Å²) >= 11 is 6.41. The fourth-order valence-corrected chi connectivity index (χ4v) is 2.14. The standard InChI is InChI=1S/C13H6Br2FNO/c14-10-6-9(2-3-12(10)16)18-13-4-1-8(7-17)5-11(13)15/h1-6H. The minimum Gasteiger partial charge on any atom is -0.456 e. The first-order valence-electron chi connectivity index (χ1n) is 4.92. The summed E-state index contributed by atoms with van der Waals surface area (Å²) in [6, 6.07) is 11.4. The Hall–Kier alpha value is -1.38. The van der Waals surface area contributed by atoms with Crippen LogP contribution in [0, 0.1) is 17.1 Å². The molecule has 0 aliphatic rings. The molecule has 2 nitrogen and oxygen atoms in total. The van der Waals surface area contributed by atoms with Crippen LogP contribution in [0.4, 0.5) is 4.39 Å². The third-order valence-corrected chi connectivity index (χ3v) is 3.41. The SMILES string of the molecule is N#Cc1ccc(Oc2ccc(F)c(Br)c2)c(Br)c1. The summed E-state index contributed by atoms with van der Waals surface area (Å²) in [5, 5.41) is 8.75. The molecule has 0 N–H and O–H groups in total. The Morgan fingerprint density at radius 3 is 2.44 bits per heavy atom. The molecule has 0 unspecified atom stereocenters. The predicted octanol–water partition coefficient (Wildman–Crippen LogP) is 5.01. The molecule has 0 atom stereocenters. The molecule has 0 radical (unpaired) electrons. The van der Waals surface area contributed by atoms with Gasteiger partial charge in [0.2, 0.25) is 0 Å². The maximum Gasteiger partial charge on any atom is 0.141 e. The van der Waals surface area contributed by atoms with Crippen LogP contribution in [0.15, 0.2) is 45.3 Å². The van der Waals surface area contributed by atoms with Gasteiger partial charge in [0.15, 0.2) is 0 Å². The van der Waals surface area contributed by atoms with Crippen LogP contribution < -0.4 is 4.74 Å². The highest BCUT2D eigenvalue weighted by molar-refractivity contribution is 9.10. The molecule has 90 valence electrons. The molecule has 2 aromatic rings. The molecule has 18 heavy (non-hydrogen) atoms. The van der Waals surface area contributed by atoms with Gasteiger partial charge in [-0.1, -0.05) is 0 Å². The molecule has 0 amide bonds. The first-order valence-corrected chi connectivity index (χ1v) is 6.51. The molecule has 0 aliphatic carbocycles. The summed E-state index contributed by atoms with van der Waals surface area (Å²) in [5.41, 5.74) is 0.537. The van der Waals surface area contributed by atoms with Crippen LogP contribution in [0.1, 0.15) is 5.56 Å². The van der Waals surface area contributed by atoms with E-state index in [0.717, 1.165) is 0 Å². The molecular formula is C13H6Br2FNO. The first-order chi connectivity index (χ1) is 8.60. The lowest BCUT2D eigenvalue weighted by molar-refractivity contribution is 0.477. The van der Waals surface area contributed by atoms with Crippen LogP contribution >= 0.6 is 31.9 Å². The normalized spacial score (nSPS) is 9.89. The Bertz CT molecular complexity index is 637. The summed E-state index contributed by atoms with van der Waals surface area (Å²) in [4.78, 5) is 0. The van der Waals surface area contributed by atoms with E-state index in [1.807, 2.05) is 6.07 Å². The lowest BCUT2D eigenvalue weighted by Crippen LogP contribution is -1.87. The molecule has 0 aromatic heterocycles. The van der Waals surface area contributed by atoms with Gasteiger partial charge in [0.05, 0.1) is 20.6 Å². The molecule has 0 aliphatic heterocycles. The van der Waals surface area contributed by atoms with E-state index in [4.69, 9.17) is 10.00 Å². The van der Waals surface area contributed by atoms with Gasteiger partial charge in [-0.2, -0.15) is 5.26 Å². The van der Waals surface area contributed by atoms with E-state index in [9.17, 15) is 4.39 Å². The lowest BCUT2D eigenvalue weighted by Gasteiger charge is -2.08. The molecule has 0 heterocycles. The van der Waals surface area contributed by atoms with Gasteiger partial charge in [-0.25, -0.2) is 4.39 Å². The molecule has 0 bridgehead atoms. The molecule has 0 spiro atoms. The van der Waals surface area contributed by atoms with Gasteiger partial charge in [-0.3, -0.25) is 0 Å². The number of rotatable bonds is 2. The van der Waals surface area contributed by atoms with Gasteiger partial charge in [-0.15, -0.1) is 0 Å². The molecule has 5 heteroatoms. The number of halogens is 3. The van der Waals surface area contributed by atoms with Gasteiger partial charge >= 0.3 is 0 Å². The second-order valence-corrected chi connectivity index (χ2v) is 5.14. The van der Waals surface area contributed by atoms with E-state index in [2.05, 4.69) is 31.9 Å². The van der Waals surface area contributed by atoms with Crippen molar-refractivity contribution < 1.29 is 9.13 Å². The highest BCUT2D eigenvalue weighted by atomic mass is 79.9. The van der Waals surface area contributed by atoms with E-state index in [-0.39, 0.29) is 5.82 Å². The Kier molecular flexibility index (Phi) is 4.00. The van der Waals surface area contributed by atoms with E-state index in [0.29, 0.717) is 26.0 Å². The van der Waals surface area contributed by atoms with Gasteiger partial charge in [0.1, 0.15) is 17.3 Å². The summed E-state index contributed by atoms with van der Waals surface area (Å²) in [7, 11) is 0. The number of ether oxygens (including phenoxy) is 1. The highest BCUT2D eigenvalue weighted by Crippen LogP contribution is 2.32. The average Bonchev–Trinajstić information content (AvgIpc) is 2.36. The fourth-order valence-electron chi connectivity index (χ4n) is 1.32. The van der Waals surface area contributed by atoms with Crippen molar-refractivity contribution in [3.05, 3.63) is 56.7 Å². The van der Waals surface area contributed by atoms with Gasteiger partial charge in [0.25, 0.3) is 0 Å². The summed E-state index contributed by atoms with van der Waals surface area (Å²) in [6.45, 7) is 0. The summed E-state index contributed by atoms with van der Waals surface area (Å²) < 4.78 is 19.7. The number of nitriles is 1. The monoisotopic (exact) mass is 369 g/mol. The largest absolute Gasteiger partial charge is 0.456 e. The number of hydrogen-bond acceptors (Lipinski definition) is 2. The molecule has 2 aromatic carbocycles. The Balaban J connectivity index is 2.29. The first kappa shape index (κ1) is 13.1. The predicted molar refractivity (Wildman–Crippen MR) is 73.0 cm³/mol. The van der Waals surface area contributed by atoms with Crippen molar-refractivity contribution in [1.29, 1.82) is 5.26 Å². The molecular weight excluding hydrogens is 365 g/mol. The van der Waals surface area contributed by atoms with Crippen molar-refractivity contribution in [2.24, 2.45) is 0 Å². The van der Waals surface area contributed by atoms with Crippen LogP contribution in [-0.4, -0.2) is 0 Å². The summed E-state index contributed by atoms with van der Waals surface area (Å²) in [5.74, 6) is 0.724. The van der Waals surface area contributed by atoms with E-state index >= 15 is 0 Å². The highest BCUT2D eigenvalue weighted by Gasteiger charge is 2.06. The third-order valence-electron chi connectivity index (χ3n) is 2.18. The number of benzene rings is 2. The average molecular weight is 371 g/mol. The van der Waals surface area contributed by atoms with Crippen LogP contribution in [0.25, 0.3) is 0 Å².